The quantitative estimate of drug-likeness (QED) is 0.305. The van der Waals surface area contributed by atoms with Gasteiger partial charge < -0.3 is 20.8 Å². The number of hydroxylamine groups is 1. The van der Waals surface area contributed by atoms with Crippen LogP contribution < -0.4 is 10.8 Å². The van der Waals surface area contributed by atoms with Crippen molar-refractivity contribution in [3.05, 3.63) is 22.5 Å². The molecule has 0 amide bonds. The van der Waals surface area contributed by atoms with Crippen LogP contribution in [0.3, 0.4) is 0 Å². The van der Waals surface area contributed by atoms with Crippen LogP contribution in [0.25, 0.3) is 0 Å². The highest BCUT2D eigenvalue weighted by molar-refractivity contribution is 5.90. The average molecular weight is 381 g/mol. The lowest BCUT2D eigenvalue weighted by atomic mass is 9.99. The van der Waals surface area contributed by atoms with Gasteiger partial charge in [0.2, 0.25) is 0 Å². The Labute approximate surface area is 160 Å². The molecule has 1 atom stereocenters. The van der Waals surface area contributed by atoms with Gasteiger partial charge in [-0.3, -0.25) is 9.83 Å². The Morgan fingerprint density at radius 3 is 2.56 bits per heavy atom. The molecule has 0 aliphatic carbocycles. The second kappa shape index (κ2) is 9.16. The van der Waals surface area contributed by atoms with Gasteiger partial charge in [-0.15, -0.1) is 0 Å². The summed E-state index contributed by atoms with van der Waals surface area (Å²) < 4.78 is 1.44. The van der Waals surface area contributed by atoms with E-state index in [9.17, 15) is 10.1 Å². The van der Waals surface area contributed by atoms with E-state index in [1.807, 2.05) is 34.6 Å². The number of aliphatic imine (C=N–C) groups is 1. The SMILES string of the molecule is C/N=C(\C)C(C)(C)NOC(CNC(C)(C)C(C)=N)Cn1ccnc1[N+](=O)[O-]. The van der Waals surface area contributed by atoms with E-state index in [1.54, 1.807) is 20.2 Å². The summed E-state index contributed by atoms with van der Waals surface area (Å²) in [5.74, 6) is -0.239. The number of nitro groups is 1. The van der Waals surface area contributed by atoms with Gasteiger partial charge in [0.1, 0.15) is 25.0 Å². The summed E-state index contributed by atoms with van der Waals surface area (Å²) in [6.07, 6.45) is 2.49. The normalized spacial score (nSPS) is 14.3. The van der Waals surface area contributed by atoms with Crippen molar-refractivity contribution >= 4 is 17.4 Å². The Hall–Kier alpha value is -2.17. The number of hydrogen-bond donors (Lipinski definition) is 3. The third-order valence-corrected chi connectivity index (χ3v) is 4.69. The van der Waals surface area contributed by atoms with Gasteiger partial charge >= 0.3 is 5.95 Å². The molecule has 0 radical (unpaired) electrons. The second-order valence-electron chi connectivity index (χ2n) is 7.54. The molecule has 3 N–H and O–H groups in total. The molecule has 0 aliphatic heterocycles. The minimum atomic E-state index is -0.526. The summed E-state index contributed by atoms with van der Waals surface area (Å²) in [5, 5.41) is 22.3. The maximum absolute atomic E-state index is 11.1. The van der Waals surface area contributed by atoms with Crippen molar-refractivity contribution in [2.45, 2.75) is 65.3 Å². The Bertz CT molecular complexity index is 694. The molecule has 0 spiro atoms. The smallest absolute Gasteiger partial charge is 0.390 e. The third-order valence-electron chi connectivity index (χ3n) is 4.69. The van der Waals surface area contributed by atoms with Gasteiger partial charge in [-0.25, -0.2) is 4.57 Å². The average Bonchev–Trinajstić information content (AvgIpc) is 3.04. The van der Waals surface area contributed by atoms with Gasteiger partial charge in [0.25, 0.3) is 0 Å². The first-order valence-corrected chi connectivity index (χ1v) is 8.73. The van der Waals surface area contributed by atoms with Crippen LogP contribution in [0.2, 0.25) is 0 Å². The minimum Gasteiger partial charge on any atom is -0.390 e. The van der Waals surface area contributed by atoms with E-state index in [0.29, 0.717) is 12.3 Å². The van der Waals surface area contributed by atoms with Crippen LogP contribution in [0.1, 0.15) is 41.5 Å². The van der Waals surface area contributed by atoms with Gasteiger partial charge in [0.15, 0.2) is 0 Å². The monoisotopic (exact) mass is 381 g/mol. The van der Waals surface area contributed by atoms with E-state index in [4.69, 9.17) is 10.2 Å². The van der Waals surface area contributed by atoms with Crippen molar-refractivity contribution in [3.63, 3.8) is 0 Å². The van der Waals surface area contributed by atoms with E-state index >= 15 is 0 Å². The van der Waals surface area contributed by atoms with Crippen LogP contribution in [0.5, 0.6) is 0 Å². The molecular formula is C17H31N7O3. The van der Waals surface area contributed by atoms with Gasteiger partial charge in [0.05, 0.1) is 11.1 Å². The number of aromatic nitrogens is 2. The van der Waals surface area contributed by atoms with Gasteiger partial charge in [-0.05, 0) is 46.5 Å². The molecule has 0 aliphatic rings. The summed E-state index contributed by atoms with van der Waals surface area (Å²) in [5.41, 5.74) is 3.34. The van der Waals surface area contributed by atoms with E-state index in [0.717, 1.165) is 5.71 Å². The second-order valence-corrected chi connectivity index (χ2v) is 7.54. The highest BCUT2D eigenvalue weighted by atomic mass is 16.7. The number of nitrogens with zero attached hydrogens (tertiary/aromatic N) is 4. The van der Waals surface area contributed by atoms with Crippen LogP contribution in [0, 0.1) is 15.5 Å². The summed E-state index contributed by atoms with van der Waals surface area (Å²) in [6.45, 7) is 11.9. The number of imidazole rings is 1. The molecule has 1 aromatic rings. The van der Waals surface area contributed by atoms with Crippen molar-refractivity contribution in [1.82, 2.24) is 20.3 Å². The largest absolute Gasteiger partial charge is 0.434 e. The van der Waals surface area contributed by atoms with Crippen molar-refractivity contribution < 1.29 is 9.76 Å². The Morgan fingerprint density at radius 1 is 1.41 bits per heavy atom. The topological polar surface area (TPSA) is 130 Å². The zero-order valence-electron chi connectivity index (χ0n) is 17.2. The first-order chi connectivity index (χ1) is 12.4. The van der Waals surface area contributed by atoms with E-state index in [2.05, 4.69) is 20.8 Å². The van der Waals surface area contributed by atoms with Gasteiger partial charge in [0, 0.05) is 25.0 Å². The molecule has 0 saturated heterocycles. The molecule has 0 aromatic carbocycles. The summed E-state index contributed by atoms with van der Waals surface area (Å²) in [6, 6.07) is 0. The zero-order valence-corrected chi connectivity index (χ0v) is 17.2. The maximum Gasteiger partial charge on any atom is 0.434 e. The molecule has 10 nitrogen and oxygen atoms in total. The zero-order chi connectivity index (χ0) is 20.8. The van der Waals surface area contributed by atoms with Crippen molar-refractivity contribution in [2.24, 2.45) is 4.99 Å². The maximum atomic E-state index is 11.1. The predicted molar refractivity (Wildman–Crippen MR) is 105 cm³/mol. The van der Waals surface area contributed by atoms with Crippen molar-refractivity contribution in [1.29, 1.82) is 5.41 Å². The highest BCUT2D eigenvalue weighted by Crippen LogP contribution is 2.12. The van der Waals surface area contributed by atoms with Crippen LogP contribution >= 0.6 is 0 Å². The molecule has 0 fully saturated rings. The molecule has 10 heteroatoms. The van der Waals surface area contributed by atoms with Crippen molar-refractivity contribution in [2.75, 3.05) is 13.6 Å². The molecule has 1 aromatic heterocycles. The van der Waals surface area contributed by atoms with Crippen molar-refractivity contribution in [3.8, 4) is 0 Å². The Kier molecular flexibility index (Phi) is 7.76. The standard InChI is InChI=1S/C17H31N7O3/c1-12(18)16(3,4)21-10-14(27-22-17(5,6)13(2)19-7)11-23-9-8-20-15(23)24(25)26/h8-9,14,18,21-22H,10-11H2,1-7H3/b18-12?,19-13+. The molecule has 0 saturated carbocycles. The fourth-order valence-corrected chi connectivity index (χ4v) is 2.06. The number of rotatable bonds is 11. The van der Waals surface area contributed by atoms with Crippen LogP contribution in [-0.2, 0) is 11.4 Å². The lowest BCUT2D eigenvalue weighted by molar-refractivity contribution is -0.397. The highest BCUT2D eigenvalue weighted by Gasteiger charge is 2.27. The number of hydrogen-bond acceptors (Lipinski definition) is 8. The predicted octanol–water partition coefficient (Wildman–Crippen LogP) is 1.96. The molecule has 27 heavy (non-hydrogen) atoms. The molecule has 1 unspecified atom stereocenters. The van der Waals surface area contributed by atoms with Crippen LogP contribution in [-0.4, -0.2) is 56.7 Å². The van der Waals surface area contributed by atoms with Gasteiger partial charge in [-0.1, -0.05) is 4.98 Å². The fraction of sp³-hybridized carbons (Fsp3) is 0.706. The van der Waals surface area contributed by atoms with Crippen LogP contribution in [0.15, 0.2) is 17.4 Å². The number of nitrogens with one attached hydrogen (secondary N) is 3. The summed E-state index contributed by atoms with van der Waals surface area (Å²) in [7, 11) is 1.71. The van der Waals surface area contributed by atoms with Crippen LogP contribution in [0.4, 0.5) is 5.95 Å². The minimum absolute atomic E-state index is 0.224. The Morgan fingerprint density at radius 2 is 2.04 bits per heavy atom. The Balaban J connectivity index is 2.93. The molecular weight excluding hydrogens is 350 g/mol. The fourth-order valence-electron chi connectivity index (χ4n) is 2.06. The third kappa shape index (κ3) is 6.49. The van der Waals surface area contributed by atoms with Gasteiger partial charge in [-0.2, -0.15) is 5.48 Å². The first kappa shape index (κ1) is 22.9. The van der Waals surface area contributed by atoms with E-state index < -0.39 is 22.1 Å². The molecule has 1 heterocycles. The molecule has 152 valence electrons. The lowest BCUT2D eigenvalue weighted by Crippen LogP contribution is -2.53. The summed E-state index contributed by atoms with van der Waals surface area (Å²) >= 11 is 0. The molecule has 1 rings (SSSR count). The van der Waals surface area contributed by atoms with E-state index in [1.165, 1.54) is 10.8 Å². The van der Waals surface area contributed by atoms with E-state index in [-0.39, 0.29) is 12.5 Å². The lowest BCUT2D eigenvalue weighted by Gasteiger charge is -2.31. The molecule has 0 bridgehead atoms. The first-order valence-electron chi connectivity index (χ1n) is 8.73. The summed E-state index contributed by atoms with van der Waals surface area (Å²) in [4.78, 5) is 24.4.